The van der Waals surface area contributed by atoms with Gasteiger partial charge in [0.15, 0.2) is 0 Å². The largest absolute Gasteiger partial charge is 0.497 e. The molecule has 0 amide bonds. The Morgan fingerprint density at radius 1 is 0.346 bits per heavy atom. The maximum Gasteiger partial charge on any atom is 0.419 e. The molecule has 0 fully saturated rings. The molecular formula is C89H95F12N17O11S7. The number of nitrogens with one attached hydrogen (secondary N) is 7. The molecule has 7 aromatic carbocycles. The molecule has 5 heterocycles. The van der Waals surface area contributed by atoms with Crippen LogP contribution in [0.5, 0.6) is 5.75 Å². The first-order valence-corrected chi connectivity index (χ1v) is 54.1. The molecule has 0 spiro atoms. The lowest BCUT2D eigenvalue weighted by Crippen LogP contribution is -2.26. The van der Waals surface area contributed by atoms with Crippen LogP contribution in [0.3, 0.4) is 0 Å². The number of hydrogen-bond acceptors (Lipinski definition) is 24. The fourth-order valence-corrected chi connectivity index (χ4v) is 17.1. The molecule has 0 radical (unpaired) electrons. The predicted octanol–water partition coefficient (Wildman–Crippen LogP) is 16.7. The van der Waals surface area contributed by atoms with Gasteiger partial charge in [-0.3, -0.25) is 31.1 Å². The third-order valence-electron chi connectivity index (χ3n) is 19.2. The summed E-state index contributed by atoms with van der Waals surface area (Å²) < 4.78 is 294. The molecule has 4 atom stereocenters. The van der Waals surface area contributed by atoms with Gasteiger partial charge in [-0.1, -0.05) is 60.7 Å². The van der Waals surface area contributed by atoms with Crippen molar-refractivity contribution in [3.63, 3.8) is 0 Å². The first-order valence-electron chi connectivity index (χ1n) is 39.9. The molecule has 12 aromatic rings. The van der Waals surface area contributed by atoms with Crippen molar-refractivity contribution in [2.75, 3.05) is 97.7 Å². The SMILES string of the molecule is C=S(C)(=O)N(C)c1ncccc1CCc1nc(Nc2cccc(NS(C)(=O)=O)c2)ncc1C(F)(F)F.C=S(C)(=O)c1cccc(CCc2nc(Nc3cc(OC)ccc3C)ncc2C(F)(F)F)c1.C=S(C)(=O)c1cccc(CCc2nc(Nc3ccc(NS(C)(=O)=O)cc3)ncc2C(F)(F)F)c1.C=S(C)(=O)c1cccc(CCc2nc(Nc3cccc(NS(C)(=O)=O)c3)ncc2C(F)(F)F)c1. The van der Waals surface area contributed by atoms with E-state index >= 15 is 0 Å². The number of methoxy groups -OCH3 is 1. The van der Waals surface area contributed by atoms with E-state index in [4.69, 9.17) is 4.74 Å². The number of halogens is 12. The van der Waals surface area contributed by atoms with Crippen molar-refractivity contribution in [3.8, 4) is 5.75 Å². The van der Waals surface area contributed by atoms with E-state index in [2.05, 4.69) is 104 Å². The topological polar surface area (TPSA) is 383 Å². The Hall–Kier alpha value is -12.7. The summed E-state index contributed by atoms with van der Waals surface area (Å²) in [7, 11) is -17.3. The van der Waals surface area contributed by atoms with E-state index in [1.165, 1.54) is 79.0 Å². The molecular weight excluding hydrogens is 1940 g/mol. The Labute approximate surface area is 781 Å². The highest BCUT2D eigenvalue weighted by atomic mass is 32.2. The quantitative estimate of drug-likeness (QED) is 0.0152. The van der Waals surface area contributed by atoms with E-state index in [1.807, 2.05) is 13.0 Å². The summed E-state index contributed by atoms with van der Waals surface area (Å²) in [6.45, 7) is 1.86. The number of rotatable bonds is 32. The first kappa shape index (κ1) is 107. The van der Waals surface area contributed by atoms with E-state index in [1.54, 1.807) is 141 Å². The van der Waals surface area contributed by atoms with E-state index in [-0.39, 0.29) is 103 Å². The summed E-state index contributed by atoms with van der Waals surface area (Å²) in [5.74, 6) is 15.4. The highest BCUT2D eigenvalue weighted by Crippen LogP contribution is 2.39. The van der Waals surface area contributed by atoms with Crippen LogP contribution in [0.4, 0.5) is 122 Å². The molecule has 0 aliphatic heterocycles. The van der Waals surface area contributed by atoms with Crippen LogP contribution in [0.2, 0.25) is 0 Å². The Morgan fingerprint density at radius 3 is 0.993 bits per heavy atom. The molecule has 0 bridgehead atoms. The molecule has 0 saturated carbocycles. The summed E-state index contributed by atoms with van der Waals surface area (Å²) in [6.07, 6.45) is -4.29. The summed E-state index contributed by atoms with van der Waals surface area (Å²) in [5, 5.41) is 11.4. The van der Waals surface area contributed by atoms with Gasteiger partial charge in [-0.05, 0) is 247 Å². The van der Waals surface area contributed by atoms with E-state index in [9.17, 15) is 94.8 Å². The van der Waals surface area contributed by atoms with Gasteiger partial charge < -0.3 is 26.0 Å². The van der Waals surface area contributed by atoms with Gasteiger partial charge in [-0.15, -0.1) is 0 Å². The number of hydrogen-bond donors (Lipinski definition) is 7. The van der Waals surface area contributed by atoms with Crippen molar-refractivity contribution in [2.45, 2.75) is 97.7 Å². The van der Waals surface area contributed by atoms with Crippen molar-refractivity contribution >= 4 is 161 Å². The average molecular weight is 2030 g/mol. The van der Waals surface area contributed by atoms with Crippen molar-refractivity contribution in [3.05, 3.63) is 280 Å². The first-order chi connectivity index (χ1) is 63.0. The number of pyridine rings is 1. The monoisotopic (exact) mass is 2030 g/mol. The zero-order valence-corrected chi connectivity index (χ0v) is 80.2. The van der Waals surface area contributed by atoms with Gasteiger partial charge in [0, 0.05) is 122 Å². The van der Waals surface area contributed by atoms with Gasteiger partial charge in [-0.25, -0.2) is 74.3 Å². The lowest BCUT2D eigenvalue weighted by molar-refractivity contribution is -0.139. The highest BCUT2D eigenvalue weighted by Gasteiger charge is 2.39. The number of benzene rings is 7. The zero-order valence-electron chi connectivity index (χ0n) is 74.5. The molecule has 12 rings (SSSR count). The smallest absolute Gasteiger partial charge is 0.419 e. The van der Waals surface area contributed by atoms with Gasteiger partial charge in [0.1, 0.15) is 11.6 Å². The van der Waals surface area contributed by atoms with Crippen molar-refractivity contribution in [1.82, 2.24) is 44.9 Å². The highest BCUT2D eigenvalue weighted by molar-refractivity contribution is 8.01. The Balaban J connectivity index is 0.000000203. The molecule has 136 heavy (non-hydrogen) atoms. The van der Waals surface area contributed by atoms with Crippen LogP contribution < -0.4 is 44.5 Å². The molecule has 728 valence electrons. The number of alkyl halides is 12. The van der Waals surface area contributed by atoms with Crippen LogP contribution in [0.15, 0.2) is 222 Å². The van der Waals surface area contributed by atoms with Crippen molar-refractivity contribution < 1.29 is 99.5 Å². The van der Waals surface area contributed by atoms with E-state index in [0.717, 1.165) is 42.3 Å². The van der Waals surface area contributed by atoms with Crippen LogP contribution in [-0.2, 0) is 144 Å². The summed E-state index contributed by atoms with van der Waals surface area (Å²) in [4.78, 5) is 37.5. The lowest BCUT2D eigenvalue weighted by Gasteiger charge is -2.22. The van der Waals surface area contributed by atoms with E-state index in [0.29, 0.717) is 90.2 Å². The molecule has 4 unspecified atom stereocenters. The van der Waals surface area contributed by atoms with Gasteiger partial charge in [-0.2, -0.15) is 52.7 Å². The minimum absolute atomic E-state index is 0.0191. The standard InChI is InChI=1S/C23H24F3N3O2S.C22H25F3N6O3S2.2C22H23F3N4O3S2/c1-15-8-10-17(31-2)13-21(15)29-22-27-14-19(23(24,25)26)20(28-22)11-9-16-6-5-7-18(12-16)32(3,4)30;1-31(35(2,3)32)20-15(7-6-12-26-20)10-11-19-18(22(23,24)25)14-27-21(29-19)28-16-8-5-9-17(13-16)30-36(4,33)34;1-33(2,30)18-9-4-6-15(12-18)10-11-20-19(22(23,24)25)14-26-21(28-20)27-16-7-5-8-17(13-16)29-34(3,31)32;1-33(2,30)18-6-4-5-15(13-18)7-12-20-19(22(23,24)25)14-26-21(28-20)27-16-8-10-17(11-9-16)29-34(3,31)32/h5-8,10,12-14H,3,9,11H2,1-2,4H3,(H,27,28,29);5-9,12-14,30H,2,10-11H2,1,3-4H3,(H,27,28,29);4-9,12-14,29H,1,10-11H2,2-3H3,(H,26,27,28);4-6,8-11,13-14,29H,1,7,12H2,2-3H3,(H,26,27,28). The second-order valence-electron chi connectivity index (χ2n) is 31.1. The Bertz CT molecular complexity index is 7180. The number of aromatic nitrogens is 9. The van der Waals surface area contributed by atoms with Gasteiger partial charge in [0.05, 0.1) is 82.3 Å². The van der Waals surface area contributed by atoms with Crippen LogP contribution in [-0.4, -0.2) is 168 Å². The molecule has 5 aromatic heterocycles. The number of aryl methyl sites for hydroxylation is 9. The molecule has 0 aliphatic carbocycles. The maximum absolute atomic E-state index is 13.7. The number of anilines is 12. The number of nitrogens with zero attached hydrogens (tertiary/aromatic N) is 10. The number of sulfonamides is 3. The van der Waals surface area contributed by atoms with Crippen LogP contribution in [0, 0.1) is 6.92 Å². The van der Waals surface area contributed by atoms with Gasteiger partial charge >= 0.3 is 24.7 Å². The number of ether oxygens (including phenoxy) is 1. The summed E-state index contributed by atoms with van der Waals surface area (Å²) in [5.41, 5.74) is 1.88. The maximum atomic E-state index is 13.7. The molecule has 7 N–H and O–H groups in total. The Morgan fingerprint density at radius 2 is 0.662 bits per heavy atom. The molecule has 0 aliphatic rings. The summed E-state index contributed by atoms with van der Waals surface area (Å²) >= 11 is 0. The molecule has 47 heteroatoms. The molecule has 0 saturated heterocycles. The van der Waals surface area contributed by atoms with E-state index < -0.39 is 115 Å². The van der Waals surface area contributed by atoms with Crippen molar-refractivity contribution in [2.24, 2.45) is 0 Å². The average Bonchev–Trinajstić information content (AvgIpc) is 0.823. The van der Waals surface area contributed by atoms with Crippen molar-refractivity contribution in [1.29, 1.82) is 0 Å². The second-order valence-corrected chi connectivity index (χ2v) is 46.3. The predicted molar refractivity (Wildman–Crippen MR) is 515 cm³/mol. The minimum Gasteiger partial charge on any atom is -0.497 e. The zero-order chi connectivity index (χ0) is 101. The normalized spacial score (nSPS) is 13.7. The third-order valence-corrected chi connectivity index (χ3v) is 26.1. The fourth-order valence-electron chi connectivity index (χ4n) is 12.6. The second kappa shape index (κ2) is 44.0. The molecule has 28 nitrogen and oxygen atoms in total. The van der Waals surface area contributed by atoms with Gasteiger partial charge in [0.2, 0.25) is 53.9 Å². The van der Waals surface area contributed by atoms with Crippen LogP contribution >= 0.6 is 0 Å². The fraction of sp³-hybridized carbons (Fsp3) is 0.247. The van der Waals surface area contributed by atoms with Crippen LogP contribution in [0.25, 0.3) is 0 Å². The lowest BCUT2D eigenvalue weighted by atomic mass is 10.1. The summed E-state index contributed by atoms with van der Waals surface area (Å²) in [6, 6.07) is 47.5. The van der Waals surface area contributed by atoms with Crippen LogP contribution in [0.1, 0.15) is 72.8 Å². The minimum atomic E-state index is -4.67. The Kier molecular flexibility index (Phi) is 34.6. The third kappa shape index (κ3) is 33.7. The van der Waals surface area contributed by atoms with Gasteiger partial charge in [0.25, 0.3) is 0 Å².